The maximum Gasteiger partial charge on any atom is -0.000977 e. The predicted molar refractivity (Wildman–Crippen MR) is 57.4 cm³/mol. The van der Waals surface area contributed by atoms with Gasteiger partial charge >= 0.3 is 0 Å². The molecule has 76 valence electrons. The van der Waals surface area contributed by atoms with Gasteiger partial charge in [0.15, 0.2) is 0 Å². The molecule has 0 aliphatic carbocycles. The number of nitrogens with zero attached hydrogens (tertiary/aromatic N) is 1. The van der Waals surface area contributed by atoms with Gasteiger partial charge in [-0.3, -0.25) is 0 Å². The fraction of sp³-hybridized carbons (Fsp3) is 1.00. The number of rotatable bonds is 6. The second kappa shape index (κ2) is 13.5. The van der Waals surface area contributed by atoms with E-state index in [9.17, 15) is 0 Å². The van der Waals surface area contributed by atoms with Gasteiger partial charge in [0.2, 0.25) is 0 Å². The van der Waals surface area contributed by atoms with E-state index in [-0.39, 0.29) is 0 Å². The lowest BCUT2D eigenvalue weighted by molar-refractivity contribution is 0.325. The summed E-state index contributed by atoms with van der Waals surface area (Å²) >= 11 is 0. The van der Waals surface area contributed by atoms with Gasteiger partial charge in [0.05, 0.1) is 0 Å². The summed E-state index contributed by atoms with van der Waals surface area (Å²) in [6.07, 6.45) is 3.72. The van der Waals surface area contributed by atoms with E-state index < -0.39 is 0 Å². The van der Waals surface area contributed by atoms with E-state index in [2.05, 4.69) is 18.9 Å². The Morgan fingerprint density at radius 1 is 1.08 bits per heavy atom. The summed E-state index contributed by atoms with van der Waals surface area (Å²) in [6.45, 7) is 9.40. The Balaban J connectivity index is 0. The van der Waals surface area contributed by atoms with Gasteiger partial charge in [0, 0.05) is 0 Å². The van der Waals surface area contributed by atoms with Crippen LogP contribution in [0, 0.1) is 0 Å². The Morgan fingerprint density at radius 3 is 2.00 bits per heavy atom. The first-order chi connectivity index (χ1) is 5.81. The highest BCUT2D eigenvalue weighted by molar-refractivity contribution is 4.50. The monoisotopic (exact) mass is 174 g/mol. The molecule has 0 aliphatic rings. The Bertz CT molecular complexity index is 56.9. The first kappa shape index (κ1) is 14.4. The van der Waals surface area contributed by atoms with Gasteiger partial charge in [-0.25, -0.2) is 0 Å². The lowest BCUT2D eigenvalue weighted by Gasteiger charge is -2.14. The highest BCUT2D eigenvalue weighted by Gasteiger charge is 1.94. The van der Waals surface area contributed by atoms with Crippen LogP contribution >= 0.6 is 0 Å². The Labute approximate surface area is 78.1 Å². The second-order valence-electron chi connectivity index (χ2n) is 2.80. The fourth-order valence-electron chi connectivity index (χ4n) is 0.901. The highest BCUT2D eigenvalue weighted by atomic mass is 15.1. The van der Waals surface area contributed by atoms with E-state index in [0.717, 1.165) is 19.5 Å². The maximum atomic E-state index is 5.38. The van der Waals surface area contributed by atoms with E-state index in [1.807, 2.05) is 13.8 Å². The van der Waals surface area contributed by atoms with E-state index in [1.165, 1.54) is 19.4 Å². The third-order valence-electron chi connectivity index (χ3n) is 1.64. The second-order valence-corrected chi connectivity index (χ2v) is 2.80. The lowest BCUT2D eigenvalue weighted by atomic mass is 10.3. The van der Waals surface area contributed by atoms with Crippen molar-refractivity contribution in [1.82, 2.24) is 4.90 Å². The van der Waals surface area contributed by atoms with Gasteiger partial charge < -0.3 is 10.6 Å². The molecule has 0 aromatic rings. The van der Waals surface area contributed by atoms with Crippen molar-refractivity contribution in [3.05, 3.63) is 0 Å². The molecule has 0 unspecified atom stereocenters. The Hall–Kier alpha value is -0.0800. The molecule has 0 bridgehead atoms. The van der Waals surface area contributed by atoms with Crippen molar-refractivity contribution in [2.75, 3.05) is 26.7 Å². The van der Waals surface area contributed by atoms with Crippen LogP contribution in [0.25, 0.3) is 0 Å². The number of hydrogen-bond acceptors (Lipinski definition) is 2. The van der Waals surface area contributed by atoms with Crippen molar-refractivity contribution in [2.45, 2.75) is 40.0 Å². The SMILES string of the molecule is CC.CCCCN(C)CCCN. The van der Waals surface area contributed by atoms with Gasteiger partial charge in [0.25, 0.3) is 0 Å². The van der Waals surface area contributed by atoms with E-state index in [4.69, 9.17) is 5.73 Å². The molecule has 0 amide bonds. The molecular formula is C10H26N2. The first-order valence-electron chi connectivity index (χ1n) is 5.20. The zero-order valence-electron chi connectivity index (χ0n) is 9.27. The predicted octanol–water partition coefficient (Wildman–Crippen LogP) is 2.09. The summed E-state index contributed by atoms with van der Waals surface area (Å²) in [5.41, 5.74) is 5.38. The average Bonchev–Trinajstić information content (AvgIpc) is 2.14. The Kier molecular flexibility index (Phi) is 16.3. The van der Waals surface area contributed by atoms with E-state index >= 15 is 0 Å². The summed E-state index contributed by atoms with van der Waals surface area (Å²) < 4.78 is 0. The minimum Gasteiger partial charge on any atom is -0.330 e. The van der Waals surface area contributed by atoms with Crippen molar-refractivity contribution in [1.29, 1.82) is 0 Å². The van der Waals surface area contributed by atoms with Crippen molar-refractivity contribution in [3.63, 3.8) is 0 Å². The molecule has 0 aliphatic heterocycles. The highest BCUT2D eigenvalue weighted by Crippen LogP contribution is 1.91. The molecule has 0 spiro atoms. The van der Waals surface area contributed by atoms with Gasteiger partial charge in [-0.1, -0.05) is 27.2 Å². The van der Waals surface area contributed by atoms with Crippen LogP contribution in [-0.2, 0) is 0 Å². The molecule has 0 aromatic heterocycles. The van der Waals surface area contributed by atoms with Crippen LogP contribution in [0.3, 0.4) is 0 Å². The molecular weight excluding hydrogens is 148 g/mol. The zero-order valence-corrected chi connectivity index (χ0v) is 9.27. The smallest absolute Gasteiger partial charge is 0.000977 e. The van der Waals surface area contributed by atoms with Crippen molar-refractivity contribution in [2.24, 2.45) is 5.73 Å². The van der Waals surface area contributed by atoms with Crippen LogP contribution in [0.5, 0.6) is 0 Å². The van der Waals surface area contributed by atoms with Crippen molar-refractivity contribution >= 4 is 0 Å². The minimum absolute atomic E-state index is 0.816. The van der Waals surface area contributed by atoms with Crippen LogP contribution in [0.4, 0.5) is 0 Å². The van der Waals surface area contributed by atoms with Crippen LogP contribution in [-0.4, -0.2) is 31.6 Å². The summed E-state index contributed by atoms with van der Waals surface area (Å²) in [6, 6.07) is 0. The third kappa shape index (κ3) is 12.6. The van der Waals surface area contributed by atoms with E-state index in [1.54, 1.807) is 0 Å². The van der Waals surface area contributed by atoms with Crippen molar-refractivity contribution < 1.29 is 0 Å². The molecule has 2 N–H and O–H groups in total. The maximum absolute atomic E-state index is 5.38. The first-order valence-corrected chi connectivity index (χ1v) is 5.20. The number of unbranched alkanes of at least 4 members (excludes halogenated alkanes) is 1. The molecule has 12 heavy (non-hydrogen) atoms. The fourth-order valence-corrected chi connectivity index (χ4v) is 0.901. The molecule has 0 radical (unpaired) electrons. The molecule has 0 aromatic carbocycles. The molecule has 0 heterocycles. The molecule has 0 atom stereocenters. The van der Waals surface area contributed by atoms with Gasteiger partial charge in [-0.05, 0) is 39.5 Å². The molecule has 0 saturated carbocycles. The van der Waals surface area contributed by atoms with E-state index in [0.29, 0.717) is 0 Å². The lowest BCUT2D eigenvalue weighted by Crippen LogP contribution is -2.22. The average molecular weight is 174 g/mol. The quantitative estimate of drug-likeness (QED) is 0.668. The Morgan fingerprint density at radius 2 is 1.58 bits per heavy atom. The third-order valence-corrected chi connectivity index (χ3v) is 1.64. The molecule has 0 fully saturated rings. The van der Waals surface area contributed by atoms with Gasteiger partial charge in [0.1, 0.15) is 0 Å². The van der Waals surface area contributed by atoms with Crippen LogP contribution in [0.1, 0.15) is 40.0 Å². The van der Waals surface area contributed by atoms with Crippen molar-refractivity contribution in [3.8, 4) is 0 Å². The normalized spacial score (nSPS) is 9.50. The largest absolute Gasteiger partial charge is 0.330 e. The van der Waals surface area contributed by atoms with Gasteiger partial charge in [-0.15, -0.1) is 0 Å². The zero-order chi connectivity index (χ0) is 9.82. The summed E-state index contributed by atoms with van der Waals surface area (Å²) in [5.74, 6) is 0. The minimum atomic E-state index is 0.816. The molecule has 0 rings (SSSR count). The summed E-state index contributed by atoms with van der Waals surface area (Å²) in [5, 5.41) is 0. The summed E-state index contributed by atoms with van der Waals surface area (Å²) in [4.78, 5) is 2.34. The number of hydrogen-bond donors (Lipinski definition) is 1. The molecule has 2 nitrogen and oxygen atoms in total. The number of nitrogens with two attached hydrogens (primary N) is 1. The molecule has 0 saturated heterocycles. The molecule has 2 heteroatoms. The summed E-state index contributed by atoms with van der Waals surface area (Å²) in [7, 11) is 2.16. The van der Waals surface area contributed by atoms with Crippen LogP contribution < -0.4 is 5.73 Å². The topological polar surface area (TPSA) is 29.3 Å². The standard InChI is InChI=1S/C8H20N2.C2H6/c1-3-4-7-10(2)8-5-6-9;1-2/h3-9H2,1-2H3;1-2H3. The van der Waals surface area contributed by atoms with Gasteiger partial charge in [-0.2, -0.15) is 0 Å². The van der Waals surface area contributed by atoms with Crippen LogP contribution in [0.15, 0.2) is 0 Å². The van der Waals surface area contributed by atoms with Crippen LogP contribution in [0.2, 0.25) is 0 Å².